The van der Waals surface area contributed by atoms with Crippen molar-refractivity contribution < 1.29 is 26.3 Å². The van der Waals surface area contributed by atoms with Crippen LogP contribution in [0.3, 0.4) is 0 Å². The van der Waals surface area contributed by atoms with Crippen LogP contribution in [0.2, 0.25) is 0 Å². The number of aromatic nitrogens is 4. The molecule has 5 nitrogen and oxygen atoms in total. The van der Waals surface area contributed by atoms with E-state index >= 15 is 0 Å². The molecule has 1 aliphatic carbocycles. The summed E-state index contributed by atoms with van der Waals surface area (Å²) in [7, 11) is 0. The average molecular weight is 401 g/mol. The van der Waals surface area contributed by atoms with E-state index in [4.69, 9.17) is 0 Å². The molecule has 1 saturated carbocycles. The molecule has 11 heteroatoms. The van der Waals surface area contributed by atoms with E-state index in [9.17, 15) is 26.3 Å². The highest BCUT2D eigenvalue weighted by Gasteiger charge is 2.45. The molecule has 2 aromatic heterocycles. The second-order valence-electron chi connectivity index (χ2n) is 6.71. The van der Waals surface area contributed by atoms with E-state index in [1.54, 1.807) is 6.07 Å². The quantitative estimate of drug-likeness (QED) is 0.663. The number of anilines is 1. The molecule has 0 amide bonds. The highest BCUT2D eigenvalue weighted by Crippen LogP contribution is 2.49. The van der Waals surface area contributed by atoms with Crippen molar-refractivity contribution >= 4 is 11.6 Å². The number of nitrogens with one attached hydrogen (secondary N) is 1. The van der Waals surface area contributed by atoms with E-state index in [-0.39, 0.29) is 18.1 Å². The Morgan fingerprint density at radius 2 is 1.79 bits per heavy atom. The number of benzene rings is 1. The molecule has 0 saturated heterocycles. The van der Waals surface area contributed by atoms with Crippen LogP contribution in [0.15, 0.2) is 36.7 Å². The van der Waals surface area contributed by atoms with Crippen molar-refractivity contribution in [2.45, 2.75) is 30.6 Å². The van der Waals surface area contributed by atoms with Crippen LogP contribution < -0.4 is 5.32 Å². The molecule has 2 heterocycles. The summed E-state index contributed by atoms with van der Waals surface area (Å²) < 4.78 is 79.2. The van der Waals surface area contributed by atoms with Crippen LogP contribution in [0.1, 0.15) is 29.7 Å². The van der Waals surface area contributed by atoms with Crippen molar-refractivity contribution in [1.29, 1.82) is 0 Å². The smallest absolute Gasteiger partial charge is 0.369 e. The Labute approximate surface area is 154 Å². The zero-order chi connectivity index (χ0) is 20.2. The van der Waals surface area contributed by atoms with E-state index in [2.05, 4.69) is 20.4 Å². The zero-order valence-corrected chi connectivity index (χ0v) is 14.1. The number of hydrogen-bond donors (Lipinski definition) is 1. The summed E-state index contributed by atoms with van der Waals surface area (Å²) in [5, 5.41) is 6.73. The third-order valence-electron chi connectivity index (χ3n) is 4.81. The number of nitrogens with zero attached hydrogens (tertiary/aromatic N) is 4. The molecule has 1 N–H and O–H groups in total. The first-order valence-electron chi connectivity index (χ1n) is 8.28. The molecular weight excluding hydrogens is 388 g/mol. The SMILES string of the molecule is FC(F)(F)c1cccc(C2(CNc3cc(C(F)(F)F)nc4ncnn34)CC2)c1. The van der Waals surface area contributed by atoms with Crippen molar-refractivity contribution in [1.82, 2.24) is 19.6 Å². The number of fused-ring (bicyclic) bond motifs is 1. The van der Waals surface area contributed by atoms with Gasteiger partial charge in [-0.2, -0.15) is 40.9 Å². The molecule has 0 spiro atoms. The Bertz CT molecular complexity index is 1020. The molecule has 0 unspecified atom stereocenters. The average Bonchev–Trinajstić information content (AvgIpc) is 3.26. The fraction of sp³-hybridized carbons (Fsp3) is 0.353. The molecule has 148 valence electrons. The molecule has 0 aliphatic heterocycles. The number of alkyl halides is 6. The van der Waals surface area contributed by atoms with Crippen LogP contribution in [-0.4, -0.2) is 26.1 Å². The fourth-order valence-electron chi connectivity index (χ4n) is 3.09. The summed E-state index contributed by atoms with van der Waals surface area (Å²) in [6.45, 7) is 0.157. The molecule has 0 bridgehead atoms. The lowest BCUT2D eigenvalue weighted by Gasteiger charge is -2.19. The maximum absolute atomic E-state index is 13.1. The standard InChI is InChI=1S/C17H13F6N5/c18-16(19,20)11-3-1-2-10(6-11)15(4-5-15)8-24-13-7-12(17(21,22)23)27-14-25-9-26-28(13)14/h1-3,6-7,9,24H,4-5,8H2. The van der Waals surface area contributed by atoms with Gasteiger partial charge in [-0.1, -0.05) is 18.2 Å². The summed E-state index contributed by atoms with van der Waals surface area (Å²) >= 11 is 0. The van der Waals surface area contributed by atoms with E-state index in [0.717, 1.165) is 29.0 Å². The number of halogens is 6. The van der Waals surface area contributed by atoms with Gasteiger partial charge in [0.2, 0.25) is 0 Å². The summed E-state index contributed by atoms with van der Waals surface area (Å²) in [5.41, 5.74) is -1.96. The summed E-state index contributed by atoms with van der Waals surface area (Å²) in [6.07, 6.45) is -6.80. The fourth-order valence-corrected chi connectivity index (χ4v) is 3.09. The third kappa shape index (κ3) is 3.36. The van der Waals surface area contributed by atoms with E-state index < -0.39 is 29.0 Å². The molecule has 1 aliphatic rings. The Morgan fingerprint density at radius 1 is 1.04 bits per heavy atom. The van der Waals surface area contributed by atoms with Crippen LogP contribution in [0, 0.1) is 0 Å². The second-order valence-corrected chi connectivity index (χ2v) is 6.71. The van der Waals surface area contributed by atoms with Crippen LogP contribution in [0.4, 0.5) is 32.2 Å². The van der Waals surface area contributed by atoms with Gasteiger partial charge in [-0.25, -0.2) is 4.98 Å². The summed E-state index contributed by atoms with van der Waals surface area (Å²) in [5.74, 6) is -0.200. The van der Waals surface area contributed by atoms with Gasteiger partial charge < -0.3 is 5.32 Å². The van der Waals surface area contributed by atoms with Gasteiger partial charge in [0, 0.05) is 18.0 Å². The molecule has 4 rings (SSSR count). The van der Waals surface area contributed by atoms with Crippen molar-refractivity contribution in [2.75, 3.05) is 11.9 Å². The van der Waals surface area contributed by atoms with Gasteiger partial charge in [-0.15, -0.1) is 0 Å². The largest absolute Gasteiger partial charge is 0.433 e. The van der Waals surface area contributed by atoms with Gasteiger partial charge in [0.1, 0.15) is 12.1 Å². The molecule has 1 fully saturated rings. The highest BCUT2D eigenvalue weighted by molar-refractivity contribution is 5.47. The van der Waals surface area contributed by atoms with E-state index in [1.807, 2.05) is 0 Å². The lowest BCUT2D eigenvalue weighted by Crippen LogP contribution is -2.22. The first-order chi connectivity index (χ1) is 13.1. The van der Waals surface area contributed by atoms with Gasteiger partial charge in [0.15, 0.2) is 5.69 Å². The van der Waals surface area contributed by atoms with Gasteiger partial charge in [0.05, 0.1) is 5.56 Å². The Morgan fingerprint density at radius 3 is 2.43 bits per heavy atom. The van der Waals surface area contributed by atoms with E-state index in [0.29, 0.717) is 18.4 Å². The first-order valence-corrected chi connectivity index (χ1v) is 8.28. The lowest BCUT2D eigenvalue weighted by molar-refractivity contribution is -0.141. The summed E-state index contributed by atoms with van der Waals surface area (Å²) in [4.78, 5) is 7.11. The number of rotatable bonds is 4. The Kier molecular flexibility index (Phi) is 4.02. The van der Waals surface area contributed by atoms with Crippen molar-refractivity contribution in [3.63, 3.8) is 0 Å². The van der Waals surface area contributed by atoms with Crippen LogP contribution >= 0.6 is 0 Å². The first kappa shape index (κ1) is 18.5. The van der Waals surface area contributed by atoms with Crippen LogP contribution in [0.5, 0.6) is 0 Å². The van der Waals surface area contributed by atoms with Crippen molar-refractivity contribution in [3.8, 4) is 0 Å². The molecule has 3 aromatic rings. The van der Waals surface area contributed by atoms with Gasteiger partial charge in [-0.05, 0) is 24.5 Å². The minimum absolute atomic E-state index is 0.0214. The summed E-state index contributed by atoms with van der Waals surface area (Å²) in [6, 6.07) is 5.83. The van der Waals surface area contributed by atoms with Gasteiger partial charge in [0.25, 0.3) is 5.78 Å². The molecule has 28 heavy (non-hydrogen) atoms. The van der Waals surface area contributed by atoms with Gasteiger partial charge in [-0.3, -0.25) is 0 Å². The molecule has 0 radical (unpaired) electrons. The zero-order valence-electron chi connectivity index (χ0n) is 14.1. The highest BCUT2D eigenvalue weighted by atomic mass is 19.4. The maximum atomic E-state index is 13.1. The monoisotopic (exact) mass is 401 g/mol. The Hall–Kier alpha value is -2.85. The van der Waals surface area contributed by atoms with E-state index in [1.165, 1.54) is 6.07 Å². The predicted octanol–water partition coefficient (Wildman–Crippen LogP) is 4.31. The maximum Gasteiger partial charge on any atom is 0.433 e. The molecule has 0 atom stereocenters. The normalized spacial score (nSPS) is 16.4. The minimum atomic E-state index is -4.66. The van der Waals surface area contributed by atoms with Crippen LogP contribution in [-0.2, 0) is 17.8 Å². The number of hydrogen-bond acceptors (Lipinski definition) is 4. The molecular formula is C17H13F6N5. The van der Waals surface area contributed by atoms with Crippen molar-refractivity contribution in [2.24, 2.45) is 0 Å². The Balaban J connectivity index is 1.62. The van der Waals surface area contributed by atoms with Crippen LogP contribution in [0.25, 0.3) is 5.78 Å². The second kappa shape index (κ2) is 6.08. The predicted molar refractivity (Wildman–Crippen MR) is 86.6 cm³/mol. The molecule has 1 aromatic carbocycles. The van der Waals surface area contributed by atoms with Gasteiger partial charge >= 0.3 is 12.4 Å². The third-order valence-corrected chi connectivity index (χ3v) is 4.81. The topological polar surface area (TPSA) is 55.1 Å². The minimum Gasteiger partial charge on any atom is -0.369 e. The van der Waals surface area contributed by atoms with Crippen molar-refractivity contribution in [3.05, 3.63) is 53.5 Å². The lowest BCUT2D eigenvalue weighted by atomic mass is 9.94.